The van der Waals surface area contributed by atoms with Crippen molar-refractivity contribution in [1.82, 2.24) is 9.97 Å². The number of rotatable bonds is 7. The summed E-state index contributed by atoms with van der Waals surface area (Å²) in [6, 6.07) is 15.2. The van der Waals surface area contributed by atoms with Gasteiger partial charge in [-0.15, -0.1) is 0 Å². The monoisotopic (exact) mass is 392 g/mol. The van der Waals surface area contributed by atoms with Gasteiger partial charge in [-0.2, -0.15) is 0 Å². The molecule has 1 amide bonds. The fourth-order valence-corrected chi connectivity index (χ4v) is 2.47. The van der Waals surface area contributed by atoms with Crippen molar-refractivity contribution in [2.75, 3.05) is 24.4 Å². The lowest BCUT2D eigenvalue weighted by Gasteiger charge is -2.09. The van der Waals surface area contributed by atoms with Gasteiger partial charge in [-0.25, -0.2) is 14.8 Å². The molecule has 0 aliphatic carbocycles. The van der Waals surface area contributed by atoms with Crippen molar-refractivity contribution in [1.29, 1.82) is 0 Å². The summed E-state index contributed by atoms with van der Waals surface area (Å²) in [5, 5.41) is 5.77. The highest BCUT2D eigenvalue weighted by molar-refractivity contribution is 6.03. The second-order valence-corrected chi connectivity index (χ2v) is 5.87. The number of amides is 1. The van der Waals surface area contributed by atoms with E-state index < -0.39 is 11.9 Å². The van der Waals surface area contributed by atoms with Crippen molar-refractivity contribution in [2.24, 2.45) is 0 Å². The Morgan fingerprint density at radius 1 is 1.03 bits per heavy atom. The zero-order valence-corrected chi connectivity index (χ0v) is 16.0. The number of benzene rings is 2. The Morgan fingerprint density at radius 2 is 1.83 bits per heavy atom. The molecule has 0 atom stereocenters. The van der Waals surface area contributed by atoms with Crippen LogP contribution >= 0.6 is 0 Å². The number of aromatic nitrogens is 2. The molecule has 2 N–H and O–H groups in total. The molecule has 1 heterocycles. The van der Waals surface area contributed by atoms with Crippen molar-refractivity contribution < 1.29 is 19.1 Å². The number of carbonyl (C=O) groups is 2. The Hall–Kier alpha value is -3.94. The molecule has 1 aromatic heterocycles. The van der Waals surface area contributed by atoms with Crippen LogP contribution in [-0.2, 0) is 4.74 Å². The Labute approximate surface area is 167 Å². The third-order valence-corrected chi connectivity index (χ3v) is 3.87. The minimum absolute atomic E-state index is 0.194. The standard InChI is InChI=1S/C21H20N4O4/c1-3-29-20(27)14-7-9-15(10-8-14)23-19(26)18-11-12-22-21(25-18)24-16-5-4-6-17(13-16)28-2/h4-13H,3H2,1-2H3,(H,23,26)(H,22,24,25). The van der Waals surface area contributed by atoms with Crippen LogP contribution in [0.3, 0.4) is 0 Å². The molecule has 0 saturated heterocycles. The summed E-state index contributed by atoms with van der Waals surface area (Å²) in [4.78, 5) is 32.6. The predicted molar refractivity (Wildman–Crippen MR) is 109 cm³/mol. The lowest BCUT2D eigenvalue weighted by molar-refractivity contribution is 0.0526. The summed E-state index contributed by atoms with van der Waals surface area (Å²) in [7, 11) is 1.58. The van der Waals surface area contributed by atoms with E-state index in [2.05, 4.69) is 20.6 Å². The molecule has 3 rings (SSSR count). The van der Waals surface area contributed by atoms with Gasteiger partial charge < -0.3 is 20.1 Å². The minimum atomic E-state index is -0.408. The van der Waals surface area contributed by atoms with Crippen LogP contribution in [-0.4, -0.2) is 35.6 Å². The van der Waals surface area contributed by atoms with E-state index in [9.17, 15) is 9.59 Å². The van der Waals surface area contributed by atoms with Gasteiger partial charge in [0.05, 0.1) is 19.3 Å². The number of nitrogens with one attached hydrogen (secondary N) is 2. The molecule has 29 heavy (non-hydrogen) atoms. The van der Waals surface area contributed by atoms with E-state index in [0.717, 1.165) is 5.69 Å². The minimum Gasteiger partial charge on any atom is -0.497 e. The smallest absolute Gasteiger partial charge is 0.338 e. The maximum atomic E-state index is 12.5. The zero-order valence-electron chi connectivity index (χ0n) is 16.0. The van der Waals surface area contributed by atoms with Gasteiger partial charge in [-0.3, -0.25) is 4.79 Å². The summed E-state index contributed by atoms with van der Waals surface area (Å²) >= 11 is 0. The molecular formula is C21H20N4O4. The van der Waals surface area contributed by atoms with Crippen LogP contribution in [0, 0.1) is 0 Å². The highest BCUT2D eigenvalue weighted by atomic mass is 16.5. The summed E-state index contributed by atoms with van der Waals surface area (Å²) in [5.74, 6) is 0.165. The molecule has 148 valence electrons. The Morgan fingerprint density at radius 3 is 2.55 bits per heavy atom. The largest absolute Gasteiger partial charge is 0.497 e. The maximum absolute atomic E-state index is 12.5. The Balaban J connectivity index is 1.68. The first-order valence-corrected chi connectivity index (χ1v) is 8.91. The number of anilines is 3. The second kappa shape index (κ2) is 9.32. The number of esters is 1. The number of hydrogen-bond acceptors (Lipinski definition) is 7. The van der Waals surface area contributed by atoms with Crippen LogP contribution in [0.15, 0.2) is 60.8 Å². The molecular weight excluding hydrogens is 372 g/mol. The van der Waals surface area contributed by atoms with Crippen molar-refractivity contribution in [3.8, 4) is 5.75 Å². The van der Waals surface area contributed by atoms with E-state index in [0.29, 0.717) is 23.6 Å². The first-order chi connectivity index (χ1) is 14.1. The molecule has 3 aromatic rings. The Kier molecular flexibility index (Phi) is 6.36. The zero-order chi connectivity index (χ0) is 20.6. The lowest BCUT2D eigenvalue weighted by Crippen LogP contribution is -2.15. The van der Waals surface area contributed by atoms with Gasteiger partial charge in [0.25, 0.3) is 5.91 Å². The van der Waals surface area contributed by atoms with Crippen LogP contribution in [0.5, 0.6) is 5.75 Å². The molecule has 0 aliphatic heterocycles. The molecule has 8 heteroatoms. The number of carbonyl (C=O) groups excluding carboxylic acids is 2. The molecule has 8 nitrogen and oxygen atoms in total. The van der Waals surface area contributed by atoms with Gasteiger partial charge in [-0.1, -0.05) is 6.07 Å². The average molecular weight is 392 g/mol. The van der Waals surface area contributed by atoms with Gasteiger partial charge in [0.15, 0.2) is 0 Å². The third-order valence-electron chi connectivity index (χ3n) is 3.87. The molecule has 0 spiro atoms. The quantitative estimate of drug-likeness (QED) is 0.592. The van der Waals surface area contributed by atoms with Crippen LogP contribution in [0.25, 0.3) is 0 Å². The topological polar surface area (TPSA) is 102 Å². The van der Waals surface area contributed by atoms with E-state index in [1.807, 2.05) is 18.2 Å². The molecule has 0 aliphatic rings. The fraction of sp³-hybridized carbons (Fsp3) is 0.143. The van der Waals surface area contributed by atoms with E-state index in [-0.39, 0.29) is 11.6 Å². The summed E-state index contributed by atoms with van der Waals surface area (Å²) < 4.78 is 10.1. The molecule has 0 radical (unpaired) electrons. The van der Waals surface area contributed by atoms with E-state index in [4.69, 9.17) is 9.47 Å². The highest BCUT2D eigenvalue weighted by Gasteiger charge is 2.11. The van der Waals surface area contributed by atoms with Crippen LogP contribution in [0.4, 0.5) is 17.3 Å². The summed E-state index contributed by atoms with van der Waals surface area (Å²) in [6.45, 7) is 2.04. The fourth-order valence-electron chi connectivity index (χ4n) is 2.47. The van der Waals surface area contributed by atoms with Crippen molar-refractivity contribution in [2.45, 2.75) is 6.92 Å². The van der Waals surface area contributed by atoms with Crippen LogP contribution in [0.1, 0.15) is 27.8 Å². The molecule has 0 fully saturated rings. The van der Waals surface area contributed by atoms with Gasteiger partial charge in [0.1, 0.15) is 11.4 Å². The van der Waals surface area contributed by atoms with Gasteiger partial charge in [-0.05, 0) is 49.4 Å². The van der Waals surface area contributed by atoms with E-state index in [1.165, 1.54) is 12.3 Å². The number of nitrogens with zero attached hydrogens (tertiary/aromatic N) is 2. The maximum Gasteiger partial charge on any atom is 0.338 e. The van der Waals surface area contributed by atoms with Gasteiger partial charge >= 0.3 is 5.97 Å². The summed E-state index contributed by atoms with van der Waals surface area (Å²) in [5.41, 5.74) is 1.87. The molecule has 2 aromatic carbocycles. The second-order valence-electron chi connectivity index (χ2n) is 5.87. The van der Waals surface area contributed by atoms with Crippen molar-refractivity contribution in [3.05, 3.63) is 72.1 Å². The Bertz CT molecular complexity index is 1010. The molecule has 0 saturated carbocycles. The first-order valence-electron chi connectivity index (χ1n) is 8.91. The van der Waals surface area contributed by atoms with Gasteiger partial charge in [0, 0.05) is 23.6 Å². The third kappa shape index (κ3) is 5.29. The summed E-state index contributed by atoms with van der Waals surface area (Å²) in [6.07, 6.45) is 1.49. The predicted octanol–water partition coefficient (Wildman–Crippen LogP) is 3.66. The number of ether oxygens (including phenoxy) is 2. The van der Waals surface area contributed by atoms with E-state index >= 15 is 0 Å². The molecule has 0 unspecified atom stereocenters. The highest BCUT2D eigenvalue weighted by Crippen LogP contribution is 2.19. The normalized spacial score (nSPS) is 10.1. The van der Waals surface area contributed by atoms with E-state index in [1.54, 1.807) is 44.4 Å². The number of hydrogen-bond donors (Lipinski definition) is 2. The average Bonchev–Trinajstić information content (AvgIpc) is 2.74. The van der Waals surface area contributed by atoms with Crippen molar-refractivity contribution in [3.63, 3.8) is 0 Å². The van der Waals surface area contributed by atoms with Crippen LogP contribution in [0.2, 0.25) is 0 Å². The SMILES string of the molecule is CCOC(=O)c1ccc(NC(=O)c2ccnc(Nc3cccc(OC)c3)n2)cc1. The van der Waals surface area contributed by atoms with Crippen molar-refractivity contribution >= 4 is 29.2 Å². The van der Waals surface area contributed by atoms with Gasteiger partial charge in [0.2, 0.25) is 5.95 Å². The first kappa shape index (κ1) is 19.8. The lowest BCUT2D eigenvalue weighted by atomic mass is 10.2. The van der Waals surface area contributed by atoms with Crippen LogP contribution < -0.4 is 15.4 Å². The number of methoxy groups -OCH3 is 1. The molecule has 0 bridgehead atoms.